The summed E-state index contributed by atoms with van der Waals surface area (Å²) in [5, 5.41) is 3.26. The maximum absolute atomic E-state index is 5.80. The Kier molecular flexibility index (Phi) is 1.57. The Hall–Kier alpha value is -1.38. The van der Waals surface area contributed by atoms with Crippen molar-refractivity contribution in [2.75, 3.05) is 24.7 Å². The Morgan fingerprint density at radius 2 is 2.33 bits per heavy atom. The highest BCUT2D eigenvalue weighted by molar-refractivity contribution is 5.73. The van der Waals surface area contributed by atoms with E-state index in [9.17, 15) is 0 Å². The van der Waals surface area contributed by atoms with Crippen LogP contribution < -0.4 is 15.8 Å². The molecule has 0 saturated carbocycles. The number of methoxy groups -OCH3 is 1. The van der Waals surface area contributed by atoms with Gasteiger partial charge >= 0.3 is 0 Å². The first kappa shape index (κ1) is 7.28. The van der Waals surface area contributed by atoms with E-state index < -0.39 is 0 Å². The fourth-order valence-electron chi connectivity index (χ4n) is 1.59. The van der Waals surface area contributed by atoms with Gasteiger partial charge in [-0.3, -0.25) is 0 Å². The van der Waals surface area contributed by atoms with Gasteiger partial charge < -0.3 is 15.8 Å². The van der Waals surface area contributed by atoms with Crippen LogP contribution in [0.4, 0.5) is 11.4 Å². The van der Waals surface area contributed by atoms with E-state index in [1.807, 2.05) is 12.1 Å². The minimum Gasteiger partial charge on any atom is -0.495 e. The first-order chi connectivity index (χ1) is 5.83. The number of anilines is 2. The SMILES string of the molecule is COc1ccc(N)c2c1NCC2. The molecule has 2 rings (SSSR count). The highest BCUT2D eigenvalue weighted by Gasteiger charge is 2.16. The van der Waals surface area contributed by atoms with E-state index in [4.69, 9.17) is 10.5 Å². The average Bonchev–Trinajstić information content (AvgIpc) is 2.54. The lowest BCUT2D eigenvalue weighted by molar-refractivity contribution is 0.417. The molecule has 0 spiro atoms. The molecule has 64 valence electrons. The predicted octanol–water partition coefficient (Wildman–Crippen LogP) is 1.25. The van der Waals surface area contributed by atoms with Gasteiger partial charge in [-0.15, -0.1) is 0 Å². The summed E-state index contributed by atoms with van der Waals surface area (Å²) in [5.74, 6) is 0.886. The summed E-state index contributed by atoms with van der Waals surface area (Å²) in [6, 6.07) is 3.79. The van der Waals surface area contributed by atoms with Crippen molar-refractivity contribution in [1.29, 1.82) is 0 Å². The molecule has 1 aromatic rings. The zero-order valence-electron chi connectivity index (χ0n) is 7.05. The number of nitrogens with one attached hydrogen (secondary N) is 1. The van der Waals surface area contributed by atoms with Crippen LogP contribution in [0.15, 0.2) is 12.1 Å². The number of benzene rings is 1. The van der Waals surface area contributed by atoms with Crippen LogP contribution in [0.5, 0.6) is 5.75 Å². The Balaban J connectivity index is 2.57. The van der Waals surface area contributed by atoms with E-state index in [1.54, 1.807) is 7.11 Å². The van der Waals surface area contributed by atoms with E-state index >= 15 is 0 Å². The van der Waals surface area contributed by atoms with Gasteiger partial charge in [-0.2, -0.15) is 0 Å². The largest absolute Gasteiger partial charge is 0.495 e. The van der Waals surface area contributed by atoms with Crippen molar-refractivity contribution >= 4 is 11.4 Å². The van der Waals surface area contributed by atoms with Crippen molar-refractivity contribution in [1.82, 2.24) is 0 Å². The summed E-state index contributed by atoms with van der Waals surface area (Å²) in [4.78, 5) is 0. The quantitative estimate of drug-likeness (QED) is 0.614. The second-order valence-electron chi connectivity index (χ2n) is 2.89. The van der Waals surface area contributed by atoms with Crippen LogP contribution in [0.3, 0.4) is 0 Å². The molecule has 1 aliphatic rings. The second-order valence-corrected chi connectivity index (χ2v) is 2.89. The number of fused-ring (bicyclic) bond motifs is 1. The molecule has 0 amide bonds. The van der Waals surface area contributed by atoms with Gasteiger partial charge in [-0.1, -0.05) is 0 Å². The molecule has 0 aliphatic carbocycles. The van der Waals surface area contributed by atoms with Crippen molar-refractivity contribution in [3.05, 3.63) is 17.7 Å². The fraction of sp³-hybridized carbons (Fsp3) is 0.333. The smallest absolute Gasteiger partial charge is 0.142 e. The molecule has 0 fully saturated rings. The predicted molar refractivity (Wildman–Crippen MR) is 49.6 cm³/mol. The van der Waals surface area contributed by atoms with Crippen LogP contribution in [-0.2, 0) is 6.42 Å². The molecule has 1 aliphatic heterocycles. The number of ether oxygens (including phenoxy) is 1. The number of hydrogen-bond acceptors (Lipinski definition) is 3. The average molecular weight is 164 g/mol. The van der Waals surface area contributed by atoms with Gasteiger partial charge in [0.1, 0.15) is 5.75 Å². The van der Waals surface area contributed by atoms with Crippen molar-refractivity contribution in [3.8, 4) is 5.75 Å². The maximum Gasteiger partial charge on any atom is 0.142 e. The van der Waals surface area contributed by atoms with E-state index in [0.29, 0.717) is 0 Å². The monoisotopic (exact) mass is 164 g/mol. The fourth-order valence-corrected chi connectivity index (χ4v) is 1.59. The lowest BCUT2D eigenvalue weighted by Crippen LogP contribution is -1.95. The molecular formula is C9H12N2O. The molecule has 1 heterocycles. The third kappa shape index (κ3) is 0.897. The summed E-state index contributed by atoms with van der Waals surface area (Å²) >= 11 is 0. The molecule has 3 heteroatoms. The molecule has 0 saturated heterocycles. The van der Waals surface area contributed by atoms with Crippen molar-refractivity contribution < 1.29 is 4.74 Å². The van der Waals surface area contributed by atoms with Gasteiger partial charge in [0, 0.05) is 17.8 Å². The number of hydrogen-bond donors (Lipinski definition) is 2. The lowest BCUT2D eigenvalue weighted by Gasteiger charge is -2.08. The van der Waals surface area contributed by atoms with Gasteiger partial charge in [0.05, 0.1) is 12.8 Å². The zero-order chi connectivity index (χ0) is 8.55. The van der Waals surface area contributed by atoms with Gasteiger partial charge in [0.15, 0.2) is 0 Å². The second kappa shape index (κ2) is 2.59. The minimum absolute atomic E-state index is 0.857. The van der Waals surface area contributed by atoms with E-state index in [1.165, 1.54) is 5.56 Å². The Labute approximate surface area is 71.5 Å². The molecule has 3 N–H and O–H groups in total. The van der Waals surface area contributed by atoms with Gasteiger partial charge in [0.25, 0.3) is 0 Å². The Bertz CT molecular complexity index is 310. The number of nitrogen functional groups attached to an aromatic ring is 1. The van der Waals surface area contributed by atoms with Crippen LogP contribution in [-0.4, -0.2) is 13.7 Å². The molecule has 0 bridgehead atoms. The van der Waals surface area contributed by atoms with Gasteiger partial charge in [0.2, 0.25) is 0 Å². The van der Waals surface area contributed by atoms with Crippen molar-refractivity contribution in [2.24, 2.45) is 0 Å². The highest BCUT2D eigenvalue weighted by atomic mass is 16.5. The lowest BCUT2D eigenvalue weighted by atomic mass is 10.1. The van der Waals surface area contributed by atoms with Crippen molar-refractivity contribution in [2.45, 2.75) is 6.42 Å². The number of nitrogens with two attached hydrogens (primary N) is 1. The van der Waals surface area contributed by atoms with Crippen LogP contribution in [0.1, 0.15) is 5.56 Å². The summed E-state index contributed by atoms with van der Waals surface area (Å²) in [5.41, 5.74) is 8.91. The van der Waals surface area contributed by atoms with Gasteiger partial charge in [-0.05, 0) is 18.6 Å². The summed E-state index contributed by atoms with van der Waals surface area (Å²) in [7, 11) is 1.67. The van der Waals surface area contributed by atoms with E-state index in [2.05, 4.69) is 5.32 Å². The number of rotatable bonds is 1. The van der Waals surface area contributed by atoms with E-state index in [0.717, 1.165) is 30.1 Å². The van der Waals surface area contributed by atoms with E-state index in [-0.39, 0.29) is 0 Å². The minimum atomic E-state index is 0.857. The highest BCUT2D eigenvalue weighted by Crippen LogP contribution is 2.35. The molecule has 3 nitrogen and oxygen atoms in total. The molecular weight excluding hydrogens is 152 g/mol. The van der Waals surface area contributed by atoms with Crippen LogP contribution in [0.25, 0.3) is 0 Å². The Morgan fingerprint density at radius 3 is 3.08 bits per heavy atom. The summed E-state index contributed by atoms with van der Waals surface area (Å²) < 4.78 is 5.19. The maximum atomic E-state index is 5.80. The normalized spacial score (nSPS) is 13.8. The topological polar surface area (TPSA) is 47.3 Å². The van der Waals surface area contributed by atoms with Gasteiger partial charge in [-0.25, -0.2) is 0 Å². The molecule has 0 unspecified atom stereocenters. The van der Waals surface area contributed by atoms with Crippen molar-refractivity contribution in [3.63, 3.8) is 0 Å². The van der Waals surface area contributed by atoms with Crippen LogP contribution in [0, 0.1) is 0 Å². The third-order valence-corrected chi connectivity index (χ3v) is 2.21. The molecule has 1 aromatic carbocycles. The van der Waals surface area contributed by atoms with Crippen LogP contribution in [0.2, 0.25) is 0 Å². The zero-order valence-corrected chi connectivity index (χ0v) is 7.05. The summed E-state index contributed by atoms with van der Waals surface area (Å²) in [6.07, 6.45) is 0.998. The Morgan fingerprint density at radius 1 is 1.50 bits per heavy atom. The summed E-state index contributed by atoms with van der Waals surface area (Å²) in [6.45, 7) is 0.958. The molecule has 0 radical (unpaired) electrons. The third-order valence-electron chi connectivity index (χ3n) is 2.21. The molecule has 12 heavy (non-hydrogen) atoms. The molecule has 0 atom stereocenters. The molecule has 0 aromatic heterocycles. The first-order valence-electron chi connectivity index (χ1n) is 4.02. The van der Waals surface area contributed by atoms with Crippen LogP contribution >= 0.6 is 0 Å². The first-order valence-corrected chi connectivity index (χ1v) is 4.02. The standard InChI is InChI=1S/C9H12N2O/c1-12-8-3-2-7(10)6-4-5-11-9(6)8/h2-3,11H,4-5,10H2,1H3.